The Kier molecular flexibility index (Phi) is 6.11. The van der Waals surface area contributed by atoms with Gasteiger partial charge in [-0.2, -0.15) is 0 Å². The standard InChI is InChI=1S/C19H21FN2O3/c1-12(2)11-25-16-6-4-5-14(9-16)19(24)22-18-10-15(21-13(3)23)7-8-17(18)20/h4-10,12H,11H2,1-3H3,(H,21,23)(H,22,24). The molecule has 0 spiro atoms. The molecule has 0 saturated heterocycles. The summed E-state index contributed by atoms with van der Waals surface area (Å²) in [4.78, 5) is 23.5. The largest absolute Gasteiger partial charge is 0.493 e. The Morgan fingerprint density at radius 3 is 2.56 bits per heavy atom. The molecule has 0 atom stereocenters. The summed E-state index contributed by atoms with van der Waals surface area (Å²) in [5.41, 5.74) is 0.744. The van der Waals surface area contributed by atoms with E-state index in [0.29, 0.717) is 29.5 Å². The molecule has 0 aromatic heterocycles. The smallest absolute Gasteiger partial charge is 0.255 e. The highest BCUT2D eigenvalue weighted by Crippen LogP contribution is 2.21. The molecule has 0 heterocycles. The van der Waals surface area contributed by atoms with Crippen molar-refractivity contribution < 1.29 is 18.7 Å². The fourth-order valence-corrected chi connectivity index (χ4v) is 2.09. The van der Waals surface area contributed by atoms with Crippen molar-refractivity contribution in [2.24, 2.45) is 5.92 Å². The summed E-state index contributed by atoms with van der Waals surface area (Å²) in [6.45, 7) is 5.95. The quantitative estimate of drug-likeness (QED) is 0.830. The number of carbonyl (C=O) groups excluding carboxylic acids is 2. The van der Waals surface area contributed by atoms with Crippen molar-refractivity contribution in [2.75, 3.05) is 17.2 Å². The van der Waals surface area contributed by atoms with E-state index in [-0.39, 0.29) is 11.6 Å². The number of nitrogens with one attached hydrogen (secondary N) is 2. The van der Waals surface area contributed by atoms with Gasteiger partial charge in [0.2, 0.25) is 5.91 Å². The highest BCUT2D eigenvalue weighted by molar-refractivity contribution is 6.05. The first-order chi connectivity index (χ1) is 11.8. The number of benzene rings is 2. The van der Waals surface area contributed by atoms with Gasteiger partial charge in [0.05, 0.1) is 12.3 Å². The summed E-state index contributed by atoms with van der Waals surface area (Å²) in [6.07, 6.45) is 0. The summed E-state index contributed by atoms with van der Waals surface area (Å²) in [5.74, 6) is -0.390. The van der Waals surface area contributed by atoms with Crippen LogP contribution in [0.25, 0.3) is 0 Å². The molecule has 2 amide bonds. The molecule has 2 aromatic carbocycles. The van der Waals surface area contributed by atoms with E-state index < -0.39 is 11.7 Å². The third kappa shape index (κ3) is 5.60. The van der Waals surface area contributed by atoms with Crippen LogP contribution < -0.4 is 15.4 Å². The molecule has 0 aliphatic heterocycles. The van der Waals surface area contributed by atoms with Crippen molar-refractivity contribution in [1.82, 2.24) is 0 Å². The Labute approximate surface area is 146 Å². The molecule has 2 aromatic rings. The third-order valence-corrected chi connectivity index (χ3v) is 3.21. The molecule has 6 heteroatoms. The van der Waals surface area contributed by atoms with Gasteiger partial charge in [-0.05, 0) is 42.3 Å². The molecule has 2 rings (SSSR count). The zero-order valence-corrected chi connectivity index (χ0v) is 14.4. The topological polar surface area (TPSA) is 67.4 Å². The summed E-state index contributed by atoms with van der Waals surface area (Å²) in [7, 11) is 0. The number of rotatable bonds is 6. The Morgan fingerprint density at radius 2 is 1.88 bits per heavy atom. The van der Waals surface area contributed by atoms with Gasteiger partial charge in [-0.3, -0.25) is 9.59 Å². The van der Waals surface area contributed by atoms with Crippen LogP contribution >= 0.6 is 0 Å². The Balaban J connectivity index is 2.14. The van der Waals surface area contributed by atoms with E-state index in [2.05, 4.69) is 10.6 Å². The van der Waals surface area contributed by atoms with Crippen LogP contribution in [0.2, 0.25) is 0 Å². The summed E-state index contributed by atoms with van der Waals surface area (Å²) < 4.78 is 19.5. The number of hydrogen-bond donors (Lipinski definition) is 2. The van der Waals surface area contributed by atoms with Crippen LogP contribution in [-0.2, 0) is 4.79 Å². The lowest BCUT2D eigenvalue weighted by molar-refractivity contribution is -0.114. The SMILES string of the molecule is CC(=O)Nc1ccc(F)c(NC(=O)c2cccc(OCC(C)C)c2)c1. The zero-order valence-electron chi connectivity index (χ0n) is 14.4. The lowest BCUT2D eigenvalue weighted by Gasteiger charge is -2.11. The van der Waals surface area contributed by atoms with Crippen LogP contribution in [-0.4, -0.2) is 18.4 Å². The molecule has 0 saturated carbocycles. The number of hydrogen-bond acceptors (Lipinski definition) is 3. The van der Waals surface area contributed by atoms with E-state index in [0.717, 1.165) is 0 Å². The van der Waals surface area contributed by atoms with E-state index in [9.17, 15) is 14.0 Å². The lowest BCUT2D eigenvalue weighted by Crippen LogP contribution is -2.14. The first kappa shape index (κ1) is 18.4. The van der Waals surface area contributed by atoms with Crippen LogP contribution in [0.15, 0.2) is 42.5 Å². The monoisotopic (exact) mass is 344 g/mol. The van der Waals surface area contributed by atoms with Crippen molar-refractivity contribution >= 4 is 23.2 Å². The Hall–Kier alpha value is -2.89. The molecule has 0 fully saturated rings. The minimum Gasteiger partial charge on any atom is -0.493 e. The maximum Gasteiger partial charge on any atom is 0.255 e. The van der Waals surface area contributed by atoms with Crippen molar-refractivity contribution in [3.05, 3.63) is 53.8 Å². The van der Waals surface area contributed by atoms with Gasteiger partial charge in [0.15, 0.2) is 0 Å². The minimum atomic E-state index is -0.588. The number of anilines is 2. The highest BCUT2D eigenvalue weighted by atomic mass is 19.1. The van der Waals surface area contributed by atoms with E-state index in [4.69, 9.17) is 4.74 Å². The van der Waals surface area contributed by atoms with Gasteiger partial charge in [-0.15, -0.1) is 0 Å². The van der Waals surface area contributed by atoms with Gasteiger partial charge in [-0.25, -0.2) is 4.39 Å². The van der Waals surface area contributed by atoms with Crippen molar-refractivity contribution in [1.29, 1.82) is 0 Å². The molecule has 0 aliphatic rings. The molecular weight excluding hydrogens is 323 g/mol. The average Bonchev–Trinajstić information content (AvgIpc) is 2.55. The van der Waals surface area contributed by atoms with Crippen LogP contribution in [0.3, 0.4) is 0 Å². The second-order valence-corrected chi connectivity index (χ2v) is 6.06. The molecule has 0 aliphatic carbocycles. The Morgan fingerprint density at radius 1 is 1.12 bits per heavy atom. The van der Waals surface area contributed by atoms with Gasteiger partial charge in [0, 0.05) is 18.2 Å². The molecule has 0 unspecified atom stereocenters. The fourth-order valence-electron chi connectivity index (χ4n) is 2.09. The predicted molar refractivity (Wildman–Crippen MR) is 95.4 cm³/mol. The lowest BCUT2D eigenvalue weighted by atomic mass is 10.2. The molecule has 0 radical (unpaired) electrons. The molecule has 25 heavy (non-hydrogen) atoms. The van der Waals surface area contributed by atoms with E-state index in [1.807, 2.05) is 13.8 Å². The number of halogens is 1. The normalized spacial score (nSPS) is 10.4. The predicted octanol–water partition coefficient (Wildman–Crippen LogP) is 4.07. The minimum absolute atomic E-state index is 0.00949. The molecule has 2 N–H and O–H groups in total. The van der Waals surface area contributed by atoms with Crippen LogP contribution in [0.4, 0.5) is 15.8 Å². The summed E-state index contributed by atoms with van der Waals surface area (Å²) in [6, 6.07) is 10.7. The molecule has 0 bridgehead atoms. The number of ether oxygens (including phenoxy) is 1. The molecule has 5 nitrogen and oxygen atoms in total. The van der Waals surface area contributed by atoms with E-state index in [1.165, 1.54) is 25.1 Å². The van der Waals surface area contributed by atoms with Crippen LogP contribution in [0.1, 0.15) is 31.1 Å². The van der Waals surface area contributed by atoms with Gasteiger partial charge >= 0.3 is 0 Å². The summed E-state index contributed by atoms with van der Waals surface area (Å²) >= 11 is 0. The Bertz CT molecular complexity index is 775. The van der Waals surface area contributed by atoms with Gasteiger partial charge in [0.1, 0.15) is 11.6 Å². The number of amides is 2. The van der Waals surface area contributed by atoms with Gasteiger partial charge in [0.25, 0.3) is 5.91 Å². The van der Waals surface area contributed by atoms with E-state index >= 15 is 0 Å². The second kappa shape index (κ2) is 8.28. The molecule has 132 valence electrons. The molecular formula is C19H21FN2O3. The van der Waals surface area contributed by atoms with Crippen molar-refractivity contribution in [3.8, 4) is 5.75 Å². The maximum atomic E-state index is 13.9. The van der Waals surface area contributed by atoms with Crippen LogP contribution in [0, 0.1) is 11.7 Å². The zero-order chi connectivity index (χ0) is 18.4. The summed E-state index contributed by atoms with van der Waals surface area (Å²) in [5, 5.41) is 5.06. The number of carbonyl (C=O) groups is 2. The van der Waals surface area contributed by atoms with Gasteiger partial charge < -0.3 is 15.4 Å². The van der Waals surface area contributed by atoms with Crippen LogP contribution in [0.5, 0.6) is 5.75 Å². The maximum absolute atomic E-state index is 13.9. The first-order valence-electron chi connectivity index (χ1n) is 7.96. The average molecular weight is 344 g/mol. The first-order valence-corrected chi connectivity index (χ1v) is 7.96. The fraction of sp³-hybridized carbons (Fsp3) is 0.263. The third-order valence-electron chi connectivity index (χ3n) is 3.21. The van der Waals surface area contributed by atoms with Crippen molar-refractivity contribution in [2.45, 2.75) is 20.8 Å². The van der Waals surface area contributed by atoms with Gasteiger partial charge in [-0.1, -0.05) is 19.9 Å². The highest BCUT2D eigenvalue weighted by Gasteiger charge is 2.11. The van der Waals surface area contributed by atoms with Crippen molar-refractivity contribution in [3.63, 3.8) is 0 Å². The van der Waals surface area contributed by atoms with E-state index in [1.54, 1.807) is 24.3 Å². The second-order valence-electron chi connectivity index (χ2n) is 6.06.